The van der Waals surface area contributed by atoms with E-state index < -0.39 is 45.3 Å². The van der Waals surface area contributed by atoms with E-state index in [1.165, 1.54) is 9.42 Å². The number of hydrogen-bond donors (Lipinski definition) is 2. The Balaban J connectivity index is 1.37. The highest BCUT2D eigenvalue weighted by Crippen LogP contribution is 2.60. The van der Waals surface area contributed by atoms with Gasteiger partial charge in [0.2, 0.25) is 15.9 Å². The number of amides is 1. The largest absolute Gasteiger partial charge is 0.459 e. The molecule has 14 heteroatoms. The summed E-state index contributed by atoms with van der Waals surface area (Å²) >= 11 is 0. The standard InChI is InChI=1S/C40H44N6O7S/c1-8-39(5)40(53-39)20-19-27(44-54(7,49)50)23-30(40)34-42-35-31(37(47)51-33-25(3)21-24(2)22-26(33)4)32(41-6)36(46(35)43-34)52-38(48)45(28-15-11-9-12-16-28)29-17-13-10-14-18-29/h9-20,23-26,30,33,44H,8,21-22H2,1-5,7H3,(H,42,43). The van der Waals surface area contributed by atoms with Gasteiger partial charge in [-0.15, -0.1) is 0 Å². The maximum atomic E-state index is 14.3. The van der Waals surface area contributed by atoms with Gasteiger partial charge in [-0.1, -0.05) is 64.1 Å². The van der Waals surface area contributed by atoms with Crippen molar-refractivity contribution in [3.63, 3.8) is 0 Å². The minimum absolute atomic E-state index is 0.0221. The zero-order valence-electron chi connectivity index (χ0n) is 31.1. The van der Waals surface area contributed by atoms with Crippen molar-refractivity contribution in [2.24, 2.45) is 17.8 Å². The minimum atomic E-state index is -3.63. The first-order valence-electron chi connectivity index (χ1n) is 18.1. The summed E-state index contributed by atoms with van der Waals surface area (Å²) in [4.78, 5) is 38.6. The number of benzene rings is 2. The molecule has 54 heavy (non-hydrogen) atoms. The van der Waals surface area contributed by atoms with Crippen LogP contribution in [0, 0.1) is 24.3 Å². The molecular weight excluding hydrogens is 709 g/mol. The van der Waals surface area contributed by atoms with Crippen LogP contribution >= 0.6 is 0 Å². The molecule has 282 valence electrons. The van der Waals surface area contributed by atoms with Crippen molar-refractivity contribution in [1.29, 1.82) is 0 Å². The number of esters is 1. The zero-order valence-corrected chi connectivity index (χ0v) is 31.9. The van der Waals surface area contributed by atoms with E-state index in [9.17, 15) is 18.0 Å². The highest BCUT2D eigenvalue weighted by molar-refractivity contribution is 7.88. The lowest BCUT2D eigenvalue weighted by Gasteiger charge is -2.37. The summed E-state index contributed by atoms with van der Waals surface area (Å²) in [7, 11) is -3.63. The van der Waals surface area contributed by atoms with Crippen molar-refractivity contribution in [2.45, 2.75) is 77.1 Å². The van der Waals surface area contributed by atoms with Gasteiger partial charge in [-0.25, -0.2) is 37.3 Å². The number of rotatable bonds is 9. The third-order valence-corrected chi connectivity index (χ3v) is 11.5. The maximum Gasteiger partial charge on any atom is 0.424 e. The number of ether oxygens (including phenoxy) is 3. The van der Waals surface area contributed by atoms with Gasteiger partial charge >= 0.3 is 12.1 Å². The number of epoxide rings is 1. The molecule has 13 nitrogen and oxygen atoms in total. The highest BCUT2D eigenvalue weighted by atomic mass is 32.2. The van der Waals surface area contributed by atoms with Crippen molar-refractivity contribution in [1.82, 2.24) is 19.3 Å². The van der Waals surface area contributed by atoms with E-state index in [2.05, 4.69) is 35.4 Å². The number of fused-ring (bicyclic) bond motifs is 1. The fraction of sp³-hybridized carbons (Fsp3) is 0.400. The molecule has 0 bridgehead atoms. The highest BCUT2D eigenvalue weighted by Gasteiger charge is 2.69. The predicted molar refractivity (Wildman–Crippen MR) is 203 cm³/mol. The third-order valence-electron chi connectivity index (χ3n) is 10.9. The monoisotopic (exact) mass is 752 g/mol. The fourth-order valence-electron chi connectivity index (χ4n) is 8.31. The first-order valence-corrected chi connectivity index (χ1v) is 20.0. The van der Waals surface area contributed by atoms with Gasteiger partial charge in [0.1, 0.15) is 28.7 Å². The summed E-state index contributed by atoms with van der Waals surface area (Å²) in [5.41, 5.74) is -0.532. The van der Waals surface area contributed by atoms with E-state index in [1.54, 1.807) is 60.7 Å². The van der Waals surface area contributed by atoms with Gasteiger partial charge in [-0.05, 0) is 86.4 Å². The zero-order chi connectivity index (χ0) is 38.6. The van der Waals surface area contributed by atoms with Crippen LogP contribution in [-0.4, -0.2) is 58.6 Å². The number of aromatic nitrogens is 3. The maximum absolute atomic E-state index is 14.3. The molecule has 1 saturated heterocycles. The molecule has 5 unspecified atom stereocenters. The van der Waals surface area contributed by atoms with Gasteiger partial charge in [0.15, 0.2) is 5.65 Å². The molecule has 5 atom stereocenters. The molecule has 1 aliphatic heterocycles. The number of nitrogens with zero attached hydrogens (tertiary/aromatic N) is 4. The lowest BCUT2D eigenvalue weighted by atomic mass is 9.75. The van der Waals surface area contributed by atoms with Crippen LogP contribution in [0.15, 0.2) is 84.6 Å². The summed E-state index contributed by atoms with van der Waals surface area (Å²) in [6.45, 7) is 18.5. The Morgan fingerprint density at radius 3 is 2.22 bits per heavy atom. The number of allylic oxidation sites excluding steroid dienone is 1. The number of para-hydroxylation sites is 2. The number of sulfonamides is 1. The van der Waals surface area contributed by atoms with Crippen LogP contribution in [0.4, 0.5) is 21.9 Å². The molecule has 1 spiro atoms. The predicted octanol–water partition coefficient (Wildman–Crippen LogP) is 7.80. The van der Waals surface area contributed by atoms with Gasteiger partial charge in [-0.3, -0.25) is 9.82 Å². The number of anilines is 2. The van der Waals surface area contributed by atoms with Crippen molar-refractivity contribution in [3.8, 4) is 5.88 Å². The van der Waals surface area contributed by atoms with Crippen LogP contribution < -0.4 is 14.4 Å². The Bertz CT molecular complexity index is 2260. The molecule has 7 rings (SSSR count). The van der Waals surface area contributed by atoms with Crippen molar-refractivity contribution < 1.29 is 32.2 Å². The van der Waals surface area contributed by atoms with Crippen molar-refractivity contribution >= 4 is 44.8 Å². The second-order valence-corrected chi connectivity index (χ2v) is 16.7. The Labute approximate surface area is 314 Å². The van der Waals surface area contributed by atoms with Gasteiger partial charge in [-0.2, -0.15) is 0 Å². The molecule has 2 aliphatic carbocycles. The Morgan fingerprint density at radius 1 is 1.07 bits per heavy atom. The average Bonchev–Trinajstić information content (AvgIpc) is 3.36. The molecule has 2 N–H and O–H groups in total. The number of H-pyrrole nitrogens is 1. The number of aromatic amines is 1. The molecule has 0 radical (unpaired) electrons. The van der Waals surface area contributed by atoms with Gasteiger partial charge in [0.25, 0.3) is 5.69 Å². The summed E-state index contributed by atoms with van der Waals surface area (Å²) < 4.78 is 47.1. The van der Waals surface area contributed by atoms with Gasteiger partial charge in [0.05, 0.1) is 30.1 Å². The van der Waals surface area contributed by atoms with E-state index in [1.807, 2.05) is 32.1 Å². The van der Waals surface area contributed by atoms with Crippen LogP contribution in [0.3, 0.4) is 0 Å². The first kappa shape index (κ1) is 36.9. The van der Waals surface area contributed by atoms with E-state index in [0.717, 1.165) is 19.1 Å². The SMILES string of the molecule is [C-]#[N+]c1c(C(=O)OC2C(C)CC(C)CC2C)c2nc(C3C=C(NS(C)(=O)=O)C=CC34OC4(C)CC)[nH]n2c1OC(=O)N(c1ccccc1)c1ccccc1. The molecule has 3 heterocycles. The topological polar surface area (TPSA) is 152 Å². The second kappa shape index (κ2) is 13.8. The molecule has 2 fully saturated rings. The molecule has 4 aromatic rings. The number of nitrogens with one attached hydrogen (secondary N) is 2. The quantitative estimate of drug-likeness (QED) is 0.0999. The Kier molecular flexibility index (Phi) is 9.43. The van der Waals surface area contributed by atoms with E-state index in [4.69, 9.17) is 25.8 Å². The molecule has 1 saturated carbocycles. The number of carbonyl (C=O) groups is 2. The lowest BCUT2D eigenvalue weighted by molar-refractivity contribution is -0.0249. The van der Waals surface area contributed by atoms with E-state index in [0.29, 0.717) is 35.2 Å². The van der Waals surface area contributed by atoms with E-state index >= 15 is 0 Å². The molecule has 3 aliphatic rings. The van der Waals surface area contributed by atoms with Crippen molar-refractivity contribution in [2.75, 3.05) is 11.2 Å². The fourth-order valence-corrected chi connectivity index (χ4v) is 8.87. The second-order valence-electron chi connectivity index (χ2n) is 15.0. The summed E-state index contributed by atoms with van der Waals surface area (Å²) in [5, 5.41) is 3.20. The van der Waals surface area contributed by atoms with Crippen LogP contribution in [0.25, 0.3) is 10.5 Å². The van der Waals surface area contributed by atoms with Crippen LogP contribution in [0.1, 0.15) is 76.0 Å². The Hall–Kier alpha value is -5.39. The van der Waals surface area contributed by atoms with Crippen LogP contribution in [0.5, 0.6) is 5.88 Å². The van der Waals surface area contributed by atoms with Gasteiger partial charge in [0, 0.05) is 5.70 Å². The lowest BCUT2D eigenvalue weighted by Crippen LogP contribution is -2.37. The Morgan fingerprint density at radius 2 is 1.69 bits per heavy atom. The van der Waals surface area contributed by atoms with E-state index in [-0.39, 0.29) is 34.6 Å². The summed E-state index contributed by atoms with van der Waals surface area (Å²) in [6.07, 6.45) is 7.43. The molecule has 2 aromatic heterocycles. The molecule has 1 amide bonds. The van der Waals surface area contributed by atoms with Crippen LogP contribution in [-0.2, 0) is 19.5 Å². The first-order chi connectivity index (χ1) is 25.7. The minimum Gasteiger partial charge on any atom is -0.459 e. The van der Waals surface area contributed by atoms with Gasteiger partial charge < -0.3 is 14.2 Å². The molecule has 2 aromatic carbocycles. The smallest absolute Gasteiger partial charge is 0.424 e. The number of carbonyl (C=O) groups excluding carboxylic acids is 2. The average molecular weight is 753 g/mol. The van der Waals surface area contributed by atoms with Crippen LogP contribution in [0.2, 0.25) is 0 Å². The third kappa shape index (κ3) is 6.56. The number of hydrogen-bond acceptors (Lipinski definition) is 8. The normalized spacial score (nSPS) is 27.6. The summed E-state index contributed by atoms with van der Waals surface area (Å²) in [5.74, 6) is -0.749. The van der Waals surface area contributed by atoms with Crippen molar-refractivity contribution in [3.05, 3.63) is 107 Å². The molecular formula is C40H44N6O7S. The summed E-state index contributed by atoms with van der Waals surface area (Å²) in [6, 6.07) is 17.9.